The summed E-state index contributed by atoms with van der Waals surface area (Å²) in [5.74, 6) is 2.13. The van der Waals surface area contributed by atoms with Gasteiger partial charge in [0.25, 0.3) is 0 Å². The van der Waals surface area contributed by atoms with Gasteiger partial charge >= 0.3 is 0 Å². The van der Waals surface area contributed by atoms with Crippen LogP contribution in [0.15, 0.2) is 0 Å². The second kappa shape index (κ2) is 2.46. The first-order chi connectivity index (χ1) is 5.13. The van der Waals surface area contributed by atoms with Crippen molar-refractivity contribution in [3.8, 4) is 0 Å². The summed E-state index contributed by atoms with van der Waals surface area (Å²) < 4.78 is 0. The molecule has 0 unspecified atom stereocenters. The third-order valence-corrected chi connectivity index (χ3v) is 4.32. The Hall–Kier alpha value is 0.440. The molecule has 2 heteroatoms. The molecule has 11 heavy (non-hydrogen) atoms. The van der Waals surface area contributed by atoms with E-state index in [1.807, 2.05) is 6.92 Å². The summed E-state index contributed by atoms with van der Waals surface area (Å²) in [5, 5.41) is 11.0. The summed E-state index contributed by atoms with van der Waals surface area (Å²) in [6, 6.07) is 0. The molecule has 2 aliphatic rings. The Labute approximate surface area is 76.3 Å². The van der Waals surface area contributed by atoms with Crippen LogP contribution < -0.4 is 0 Å². The maximum atomic E-state index is 9.97. The number of alkyl halides is 1. The van der Waals surface area contributed by atoms with E-state index in [1.165, 1.54) is 12.8 Å². The third kappa shape index (κ3) is 1.15. The maximum Gasteiger partial charge on any atom is 0.0653 e. The Balaban J connectivity index is 2.14. The first-order valence-corrected chi connectivity index (χ1v) is 5.54. The van der Waals surface area contributed by atoms with Gasteiger partial charge in [-0.3, -0.25) is 0 Å². The van der Waals surface area contributed by atoms with Gasteiger partial charge in [-0.15, -0.1) is 0 Å². The summed E-state index contributed by atoms with van der Waals surface area (Å²) in [7, 11) is 0. The molecule has 2 fully saturated rings. The molecule has 0 spiro atoms. The summed E-state index contributed by atoms with van der Waals surface area (Å²) in [4.78, 5) is 0. The molecule has 1 N–H and O–H groups in total. The lowest BCUT2D eigenvalue weighted by molar-refractivity contribution is -0.0137. The van der Waals surface area contributed by atoms with Crippen molar-refractivity contribution in [3.63, 3.8) is 0 Å². The molecule has 0 aromatic heterocycles. The Bertz CT molecular complexity index is 167. The van der Waals surface area contributed by atoms with Gasteiger partial charge in [0.1, 0.15) is 0 Å². The highest BCUT2D eigenvalue weighted by Crippen LogP contribution is 2.54. The van der Waals surface area contributed by atoms with Crippen LogP contribution in [0.5, 0.6) is 0 Å². The molecule has 2 rings (SSSR count). The fourth-order valence-corrected chi connectivity index (χ4v) is 3.79. The molecule has 0 saturated heterocycles. The minimum atomic E-state index is -0.346. The maximum absolute atomic E-state index is 9.97. The summed E-state index contributed by atoms with van der Waals surface area (Å²) in [6.07, 6.45) is 3.65. The van der Waals surface area contributed by atoms with Crippen LogP contribution in [0.2, 0.25) is 0 Å². The van der Waals surface area contributed by atoms with Crippen molar-refractivity contribution in [2.24, 2.45) is 17.8 Å². The molecule has 64 valence electrons. The van der Waals surface area contributed by atoms with Gasteiger partial charge in [0, 0.05) is 5.33 Å². The number of hydrogen-bond donors (Lipinski definition) is 1. The van der Waals surface area contributed by atoms with Crippen molar-refractivity contribution >= 4 is 15.9 Å². The highest BCUT2D eigenvalue weighted by Gasteiger charge is 2.51. The molecule has 0 aromatic rings. The zero-order valence-corrected chi connectivity index (χ0v) is 8.47. The number of aliphatic hydroxyl groups is 1. The predicted molar refractivity (Wildman–Crippen MR) is 48.7 cm³/mol. The highest BCUT2D eigenvalue weighted by molar-refractivity contribution is 9.09. The number of rotatable bonds is 1. The van der Waals surface area contributed by atoms with Crippen LogP contribution in [0.3, 0.4) is 0 Å². The van der Waals surface area contributed by atoms with Crippen LogP contribution in [-0.4, -0.2) is 16.0 Å². The topological polar surface area (TPSA) is 20.2 Å². The lowest BCUT2D eigenvalue weighted by Gasteiger charge is -2.33. The van der Waals surface area contributed by atoms with Crippen LogP contribution in [0, 0.1) is 17.8 Å². The van der Waals surface area contributed by atoms with Gasteiger partial charge in [-0.1, -0.05) is 15.9 Å². The van der Waals surface area contributed by atoms with Gasteiger partial charge in [0.05, 0.1) is 5.60 Å². The van der Waals surface area contributed by atoms with E-state index in [9.17, 15) is 5.11 Å². The SMILES string of the molecule is C[C@]1(O)C[C@@H]2C[C@@H](CBr)[C@H]1C2. The zero-order chi connectivity index (χ0) is 8.06. The summed E-state index contributed by atoms with van der Waals surface area (Å²) in [6.45, 7) is 2.01. The van der Waals surface area contributed by atoms with Gasteiger partial charge < -0.3 is 5.11 Å². The fraction of sp³-hybridized carbons (Fsp3) is 1.00. The van der Waals surface area contributed by atoms with Crippen LogP contribution in [0.1, 0.15) is 26.2 Å². The standard InChI is InChI=1S/C9H15BrO/c1-9(11)4-6-2-7(5-10)8(9)3-6/h6-8,11H,2-5H2,1H3/t6-,7+,8-,9+/m1/s1. The van der Waals surface area contributed by atoms with Gasteiger partial charge in [-0.25, -0.2) is 0 Å². The predicted octanol–water partition coefficient (Wildman–Crippen LogP) is 2.18. The molecule has 2 saturated carbocycles. The lowest BCUT2D eigenvalue weighted by Crippen LogP contribution is -2.36. The van der Waals surface area contributed by atoms with E-state index in [1.54, 1.807) is 0 Å². The van der Waals surface area contributed by atoms with E-state index in [0.717, 1.165) is 23.6 Å². The molecule has 2 bridgehead atoms. The van der Waals surface area contributed by atoms with Crippen LogP contribution >= 0.6 is 15.9 Å². The molecular weight excluding hydrogens is 204 g/mol. The van der Waals surface area contributed by atoms with Crippen molar-refractivity contribution < 1.29 is 5.11 Å². The van der Waals surface area contributed by atoms with Crippen molar-refractivity contribution in [1.29, 1.82) is 0 Å². The van der Waals surface area contributed by atoms with E-state index in [2.05, 4.69) is 15.9 Å². The Morgan fingerprint density at radius 1 is 1.55 bits per heavy atom. The average molecular weight is 219 g/mol. The molecule has 0 heterocycles. The van der Waals surface area contributed by atoms with Crippen LogP contribution in [0.4, 0.5) is 0 Å². The molecular formula is C9H15BrO. The number of fused-ring (bicyclic) bond motifs is 2. The summed E-state index contributed by atoms with van der Waals surface area (Å²) in [5.41, 5.74) is -0.346. The minimum Gasteiger partial charge on any atom is -0.390 e. The van der Waals surface area contributed by atoms with Gasteiger partial charge in [-0.05, 0) is 43.9 Å². The van der Waals surface area contributed by atoms with Crippen LogP contribution in [-0.2, 0) is 0 Å². The Kier molecular flexibility index (Phi) is 1.80. The molecule has 4 atom stereocenters. The number of halogens is 1. The molecule has 2 aliphatic carbocycles. The highest BCUT2D eigenvalue weighted by atomic mass is 79.9. The smallest absolute Gasteiger partial charge is 0.0653 e. The Morgan fingerprint density at radius 3 is 2.64 bits per heavy atom. The van der Waals surface area contributed by atoms with E-state index < -0.39 is 0 Å². The molecule has 0 aliphatic heterocycles. The zero-order valence-electron chi connectivity index (χ0n) is 6.89. The quantitative estimate of drug-likeness (QED) is 0.670. The van der Waals surface area contributed by atoms with Crippen molar-refractivity contribution in [2.75, 3.05) is 5.33 Å². The first-order valence-electron chi connectivity index (χ1n) is 4.42. The minimum absolute atomic E-state index is 0.346. The monoisotopic (exact) mass is 218 g/mol. The lowest BCUT2D eigenvalue weighted by atomic mass is 9.79. The van der Waals surface area contributed by atoms with Gasteiger partial charge in [0.15, 0.2) is 0 Å². The second-order valence-electron chi connectivity index (χ2n) is 4.42. The molecule has 0 radical (unpaired) electrons. The van der Waals surface area contributed by atoms with Crippen molar-refractivity contribution in [2.45, 2.75) is 31.8 Å². The van der Waals surface area contributed by atoms with E-state index in [0.29, 0.717) is 5.92 Å². The second-order valence-corrected chi connectivity index (χ2v) is 5.07. The van der Waals surface area contributed by atoms with Crippen molar-refractivity contribution in [3.05, 3.63) is 0 Å². The van der Waals surface area contributed by atoms with Crippen molar-refractivity contribution in [1.82, 2.24) is 0 Å². The first kappa shape index (κ1) is 8.06. The summed E-state index contributed by atoms with van der Waals surface area (Å²) >= 11 is 3.52. The fourth-order valence-electron chi connectivity index (χ4n) is 3.07. The largest absolute Gasteiger partial charge is 0.390 e. The van der Waals surface area contributed by atoms with E-state index in [-0.39, 0.29) is 5.60 Å². The van der Waals surface area contributed by atoms with E-state index >= 15 is 0 Å². The number of hydrogen-bond acceptors (Lipinski definition) is 1. The average Bonchev–Trinajstić information content (AvgIpc) is 2.41. The third-order valence-electron chi connectivity index (χ3n) is 3.49. The molecule has 1 nitrogen and oxygen atoms in total. The molecule has 0 aromatic carbocycles. The van der Waals surface area contributed by atoms with E-state index in [4.69, 9.17) is 0 Å². The Morgan fingerprint density at radius 2 is 2.27 bits per heavy atom. The van der Waals surface area contributed by atoms with Gasteiger partial charge in [0.2, 0.25) is 0 Å². The van der Waals surface area contributed by atoms with Crippen LogP contribution in [0.25, 0.3) is 0 Å². The normalized spacial score (nSPS) is 55.4. The van der Waals surface area contributed by atoms with Gasteiger partial charge in [-0.2, -0.15) is 0 Å². The molecule has 0 amide bonds.